The number of ether oxygens (including phenoxy) is 1. The smallest absolute Gasteiger partial charge is 0.250 e. The molecule has 4 nitrogen and oxygen atoms in total. The van der Waals surface area contributed by atoms with Gasteiger partial charge in [0.2, 0.25) is 5.88 Å². The number of hydrogen-bond donors (Lipinski definition) is 0. The maximum absolute atomic E-state index is 13.5. The maximum Gasteiger partial charge on any atom is 0.250 e. The molecule has 2 fully saturated rings. The van der Waals surface area contributed by atoms with Gasteiger partial charge in [0.25, 0.3) is 0 Å². The topological polar surface area (TPSA) is 38.3 Å². The van der Waals surface area contributed by atoms with E-state index in [0.29, 0.717) is 17.7 Å². The highest BCUT2D eigenvalue weighted by molar-refractivity contribution is 6.99. The van der Waals surface area contributed by atoms with Gasteiger partial charge >= 0.3 is 0 Å². The molecule has 25 heavy (non-hydrogen) atoms. The lowest BCUT2D eigenvalue weighted by atomic mass is 9.89. The molecule has 3 atom stereocenters. The first-order valence-electron chi connectivity index (χ1n) is 8.32. The lowest BCUT2D eigenvalue weighted by Crippen LogP contribution is -2.25. The van der Waals surface area contributed by atoms with E-state index in [2.05, 4.69) is 25.5 Å². The first-order chi connectivity index (χ1) is 12.2. The van der Waals surface area contributed by atoms with Crippen molar-refractivity contribution >= 4 is 11.7 Å². The molecule has 4 rings (SSSR count). The fraction of sp³-hybridized carbons (Fsp3) is 0.444. The van der Waals surface area contributed by atoms with Crippen molar-refractivity contribution < 1.29 is 13.5 Å². The summed E-state index contributed by atoms with van der Waals surface area (Å²) in [5, 5.41) is 0. The summed E-state index contributed by atoms with van der Waals surface area (Å²) in [6.45, 7) is 3.35. The lowest BCUT2D eigenvalue weighted by Gasteiger charge is -2.21. The predicted octanol–water partition coefficient (Wildman–Crippen LogP) is 3.06. The van der Waals surface area contributed by atoms with E-state index in [1.54, 1.807) is 0 Å². The van der Waals surface area contributed by atoms with Crippen molar-refractivity contribution in [3.05, 3.63) is 41.1 Å². The summed E-state index contributed by atoms with van der Waals surface area (Å²) in [7, 11) is 0. The van der Waals surface area contributed by atoms with Crippen LogP contribution in [0.2, 0.25) is 0 Å². The van der Waals surface area contributed by atoms with E-state index in [0.717, 1.165) is 55.3 Å². The van der Waals surface area contributed by atoms with E-state index in [-0.39, 0.29) is 12.2 Å². The molecule has 0 spiro atoms. The molecule has 2 aliphatic heterocycles. The van der Waals surface area contributed by atoms with Crippen LogP contribution in [0.15, 0.2) is 18.2 Å². The third-order valence-corrected chi connectivity index (χ3v) is 5.36. The number of halogens is 2. The van der Waals surface area contributed by atoms with E-state index in [4.69, 9.17) is 4.74 Å². The molecule has 7 heteroatoms. The van der Waals surface area contributed by atoms with Gasteiger partial charge in [0.1, 0.15) is 17.3 Å². The van der Waals surface area contributed by atoms with Crippen molar-refractivity contribution in [3.8, 4) is 17.7 Å². The van der Waals surface area contributed by atoms with Gasteiger partial charge in [0.05, 0.1) is 17.3 Å². The van der Waals surface area contributed by atoms with E-state index >= 15 is 0 Å². The van der Waals surface area contributed by atoms with Crippen molar-refractivity contribution in [3.63, 3.8) is 0 Å². The molecule has 0 aliphatic carbocycles. The maximum atomic E-state index is 13.5. The zero-order chi connectivity index (χ0) is 17.2. The van der Waals surface area contributed by atoms with Gasteiger partial charge < -0.3 is 9.64 Å². The quantitative estimate of drug-likeness (QED) is 0.788. The molecule has 1 unspecified atom stereocenters. The van der Waals surface area contributed by atoms with Crippen molar-refractivity contribution in [2.24, 2.45) is 5.92 Å². The summed E-state index contributed by atoms with van der Waals surface area (Å²) < 4.78 is 41.0. The molecular weight excluding hydrogens is 344 g/mol. The summed E-state index contributed by atoms with van der Waals surface area (Å²) in [5.74, 6) is 5.77. The highest BCUT2D eigenvalue weighted by atomic mass is 32.1. The molecule has 0 radical (unpaired) electrons. The fourth-order valence-corrected chi connectivity index (χ4v) is 4.23. The van der Waals surface area contributed by atoms with Crippen LogP contribution < -0.4 is 4.74 Å². The van der Waals surface area contributed by atoms with Gasteiger partial charge in [-0.25, -0.2) is 8.78 Å². The third-order valence-electron chi connectivity index (χ3n) is 4.83. The van der Waals surface area contributed by atoms with Crippen molar-refractivity contribution in [2.75, 3.05) is 26.2 Å². The third kappa shape index (κ3) is 3.51. The Morgan fingerprint density at radius 1 is 1.28 bits per heavy atom. The Bertz CT molecular complexity index is 829. The molecule has 130 valence electrons. The number of nitrogens with zero attached hydrogens (tertiary/aromatic N) is 3. The van der Waals surface area contributed by atoms with E-state index in [1.807, 2.05) is 0 Å². The molecule has 2 saturated heterocycles. The van der Waals surface area contributed by atoms with Gasteiger partial charge in [-0.3, -0.25) is 0 Å². The highest BCUT2D eigenvalue weighted by Crippen LogP contribution is 2.40. The Morgan fingerprint density at radius 2 is 2.20 bits per heavy atom. The molecule has 1 aromatic carbocycles. The van der Waals surface area contributed by atoms with Crippen LogP contribution in [-0.2, 0) is 0 Å². The van der Waals surface area contributed by atoms with Crippen LogP contribution in [0.5, 0.6) is 5.88 Å². The average Bonchev–Trinajstić information content (AvgIpc) is 3.18. The minimum absolute atomic E-state index is 0.0256. The zero-order valence-electron chi connectivity index (χ0n) is 13.5. The number of hydrogen-bond acceptors (Lipinski definition) is 5. The molecular formula is C18H17F2N3OS. The molecule has 0 N–H and O–H groups in total. The van der Waals surface area contributed by atoms with E-state index < -0.39 is 11.6 Å². The second-order valence-electron chi connectivity index (χ2n) is 6.44. The molecule has 2 aromatic rings. The largest absolute Gasteiger partial charge is 0.463 e. The SMILES string of the molecule is Fc1ccc(F)c(C#CCOc2nsnc2[C@H]2CN3CCC[C@@H]2C3)c1. The number of rotatable bonds is 3. The summed E-state index contributed by atoms with van der Waals surface area (Å²) >= 11 is 1.14. The Morgan fingerprint density at radius 3 is 3.08 bits per heavy atom. The van der Waals surface area contributed by atoms with Gasteiger partial charge in [-0.15, -0.1) is 4.37 Å². The Kier molecular flexibility index (Phi) is 4.64. The summed E-state index contributed by atoms with van der Waals surface area (Å²) in [5.41, 5.74) is 0.941. The average molecular weight is 361 g/mol. The molecule has 0 amide bonds. The van der Waals surface area contributed by atoms with Crippen LogP contribution in [0.1, 0.15) is 30.0 Å². The first-order valence-corrected chi connectivity index (χ1v) is 9.05. The van der Waals surface area contributed by atoms with Crippen LogP contribution in [-0.4, -0.2) is 39.9 Å². The first kappa shape index (κ1) is 16.4. The summed E-state index contributed by atoms with van der Waals surface area (Å²) in [4.78, 5) is 2.47. The van der Waals surface area contributed by atoms with Gasteiger partial charge in [-0.1, -0.05) is 11.8 Å². The van der Waals surface area contributed by atoms with Gasteiger partial charge in [0.15, 0.2) is 6.61 Å². The zero-order valence-corrected chi connectivity index (χ0v) is 14.4. The minimum Gasteiger partial charge on any atom is -0.463 e. The Hall–Kier alpha value is -2.04. The number of piperidine rings is 1. The second kappa shape index (κ2) is 7.06. The lowest BCUT2D eigenvalue weighted by molar-refractivity contribution is 0.269. The van der Waals surface area contributed by atoms with Crippen molar-refractivity contribution in [1.29, 1.82) is 0 Å². The van der Waals surface area contributed by atoms with E-state index in [9.17, 15) is 8.78 Å². The van der Waals surface area contributed by atoms with Crippen LogP contribution in [0.4, 0.5) is 8.78 Å². The van der Waals surface area contributed by atoms with Crippen LogP contribution in [0.25, 0.3) is 0 Å². The Balaban J connectivity index is 1.43. The summed E-state index contributed by atoms with van der Waals surface area (Å²) in [6.07, 6.45) is 2.45. The monoisotopic (exact) mass is 361 g/mol. The molecule has 0 saturated carbocycles. The number of fused-ring (bicyclic) bond motifs is 2. The molecule has 2 bridgehead atoms. The van der Waals surface area contributed by atoms with Crippen molar-refractivity contribution in [1.82, 2.24) is 13.6 Å². The number of benzene rings is 1. The van der Waals surface area contributed by atoms with Gasteiger partial charge in [-0.2, -0.15) is 4.37 Å². The van der Waals surface area contributed by atoms with Crippen LogP contribution >= 0.6 is 11.7 Å². The van der Waals surface area contributed by atoms with Gasteiger partial charge in [-0.05, 0) is 43.5 Å². The van der Waals surface area contributed by atoms with Crippen LogP contribution in [0, 0.1) is 29.4 Å². The normalized spacial score (nSPS) is 24.6. The standard InChI is InChI=1S/C18H17F2N3OS/c19-14-5-6-16(20)12(9-14)4-2-8-24-18-17(21-25-22-18)15-11-23-7-1-3-13(15)10-23/h5-6,9,13,15H,1,3,7-8,10-11H2/t13-,15+/m1/s1. The van der Waals surface area contributed by atoms with Crippen molar-refractivity contribution in [2.45, 2.75) is 18.8 Å². The summed E-state index contributed by atoms with van der Waals surface area (Å²) in [6, 6.07) is 3.21. The molecule has 2 aliphatic rings. The minimum atomic E-state index is -0.544. The molecule has 3 heterocycles. The predicted molar refractivity (Wildman–Crippen MR) is 90.5 cm³/mol. The van der Waals surface area contributed by atoms with E-state index in [1.165, 1.54) is 12.8 Å². The highest BCUT2D eigenvalue weighted by Gasteiger charge is 2.39. The number of aromatic nitrogens is 2. The Labute approximate surface area is 149 Å². The molecule has 1 aromatic heterocycles. The second-order valence-corrected chi connectivity index (χ2v) is 6.97. The van der Waals surface area contributed by atoms with Crippen LogP contribution in [0.3, 0.4) is 0 Å². The van der Waals surface area contributed by atoms with Gasteiger partial charge in [0, 0.05) is 19.0 Å². The fourth-order valence-electron chi connectivity index (χ4n) is 3.67.